The molecule has 0 amide bonds. The fraction of sp³-hybridized carbons (Fsp3) is 0.714. The molecule has 0 bridgehead atoms. The Morgan fingerprint density at radius 2 is 0.578 bits per heavy atom. The van der Waals surface area contributed by atoms with Crippen molar-refractivity contribution in [2.45, 2.75) is 285 Å². The van der Waals surface area contributed by atoms with Gasteiger partial charge in [0.05, 0.1) is 6.16 Å². The minimum Gasteiger partial charge on any atom is -0.0654 e. The summed E-state index contributed by atoms with van der Waals surface area (Å²) in [6.45, 7) is 11.7. The molecule has 0 saturated carbocycles. The smallest absolute Gasteiger partial charge is 0.0654 e. The van der Waals surface area contributed by atoms with E-state index in [9.17, 15) is 0 Å². The minimum absolute atomic E-state index is 1.24. The van der Waals surface area contributed by atoms with Gasteiger partial charge in [0.25, 0.3) is 0 Å². The van der Waals surface area contributed by atoms with Gasteiger partial charge in [-0.1, -0.05) is 263 Å². The number of unbranched alkanes of at least 4 members (excludes halogenated alkanes) is 30. The average molecular weight is 895 g/mol. The molecule has 3 aromatic rings. The van der Waals surface area contributed by atoms with Crippen LogP contribution in [-0.4, -0.2) is 6.16 Å². The third kappa shape index (κ3) is 22.7. The van der Waals surface area contributed by atoms with Crippen LogP contribution in [0.3, 0.4) is 0 Å². The van der Waals surface area contributed by atoms with Crippen LogP contribution in [0, 0.1) is 0 Å². The van der Waals surface area contributed by atoms with E-state index in [2.05, 4.69) is 101 Å². The zero-order valence-electron chi connectivity index (χ0n) is 43.6. The van der Waals surface area contributed by atoms with Gasteiger partial charge in [-0.05, 0) is 111 Å². The van der Waals surface area contributed by atoms with Gasteiger partial charge in [0.1, 0.15) is 23.2 Å². The molecule has 0 fully saturated rings. The molecule has 0 spiro atoms. The number of aryl methyl sites for hydroxylation is 4. The van der Waals surface area contributed by atoms with Crippen molar-refractivity contribution in [3.05, 3.63) is 89.0 Å². The Bertz CT molecular complexity index is 1420. The highest BCUT2D eigenvalue weighted by Gasteiger charge is 2.47. The van der Waals surface area contributed by atoms with Crippen LogP contribution in [0.1, 0.15) is 282 Å². The fourth-order valence-corrected chi connectivity index (χ4v) is 15.5. The minimum atomic E-state index is -1.97. The molecular formula is C63H106P+. The zero-order chi connectivity index (χ0) is 45.6. The largest absolute Gasteiger partial charge is 0.112 e. The van der Waals surface area contributed by atoms with E-state index in [1.807, 2.05) is 0 Å². The Morgan fingerprint density at radius 3 is 0.922 bits per heavy atom. The Hall–Kier alpha value is -1.91. The molecule has 0 radical (unpaired) electrons. The molecule has 0 aromatic heterocycles. The van der Waals surface area contributed by atoms with Crippen LogP contribution in [0.25, 0.3) is 0 Å². The van der Waals surface area contributed by atoms with Crippen molar-refractivity contribution in [2.24, 2.45) is 0 Å². The summed E-state index contributed by atoms with van der Waals surface area (Å²) in [4.78, 5) is 0. The van der Waals surface area contributed by atoms with Crippen LogP contribution in [0.15, 0.2) is 66.7 Å². The van der Waals surface area contributed by atoms with Gasteiger partial charge in [-0.2, -0.15) is 0 Å². The first-order chi connectivity index (χ1) is 31.6. The van der Waals surface area contributed by atoms with Crippen LogP contribution in [-0.2, 0) is 25.7 Å². The standard InChI is InChI=1S/C63H106P/c1-6-11-16-21-26-31-37-44-57-50-52-62(59(55-57)46-39-33-28-23-18-13-8-3)64(61-48-41-36-42-49-61,54-43-35-30-25-20-15-10-5)63-53-51-58(45-38-32-27-22-17-12-7-2)56-60(63)47-40-34-29-24-19-14-9-4/h36,41-42,48-53,55-56H,6-35,37-40,43-47,54H2,1-5H3/q+1. The van der Waals surface area contributed by atoms with Crippen molar-refractivity contribution in [2.75, 3.05) is 6.16 Å². The summed E-state index contributed by atoms with van der Waals surface area (Å²) < 4.78 is 0. The van der Waals surface area contributed by atoms with Gasteiger partial charge in [0.2, 0.25) is 0 Å². The van der Waals surface area contributed by atoms with E-state index in [1.54, 1.807) is 38.2 Å². The van der Waals surface area contributed by atoms with E-state index in [4.69, 9.17) is 0 Å². The average Bonchev–Trinajstić information content (AvgIpc) is 3.32. The molecule has 0 unspecified atom stereocenters. The lowest BCUT2D eigenvalue weighted by Gasteiger charge is -2.32. The van der Waals surface area contributed by atoms with Crippen LogP contribution < -0.4 is 15.9 Å². The number of rotatable bonds is 43. The van der Waals surface area contributed by atoms with Crippen molar-refractivity contribution in [3.8, 4) is 0 Å². The summed E-state index contributed by atoms with van der Waals surface area (Å²) in [5, 5.41) is 5.14. The molecular weight excluding hydrogens is 788 g/mol. The quantitative estimate of drug-likeness (QED) is 0.0392. The molecule has 0 aliphatic rings. The highest BCUT2D eigenvalue weighted by molar-refractivity contribution is 7.95. The van der Waals surface area contributed by atoms with E-state index in [0.717, 1.165) is 0 Å². The third-order valence-corrected chi connectivity index (χ3v) is 19.3. The molecule has 0 nitrogen and oxygen atoms in total. The maximum Gasteiger partial charge on any atom is 0.112 e. The summed E-state index contributed by atoms with van der Waals surface area (Å²) in [6.07, 6.45) is 54.5. The first-order valence-electron chi connectivity index (χ1n) is 28.8. The normalized spacial score (nSPS) is 11.8. The van der Waals surface area contributed by atoms with Gasteiger partial charge in [0.15, 0.2) is 0 Å². The van der Waals surface area contributed by atoms with Crippen LogP contribution in [0.4, 0.5) is 0 Å². The molecule has 0 saturated heterocycles. The molecule has 0 aliphatic heterocycles. The molecule has 3 rings (SSSR count). The van der Waals surface area contributed by atoms with Gasteiger partial charge < -0.3 is 0 Å². The summed E-state index contributed by atoms with van der Waals surface area (Å²) in [6, 6.07) is 28.4. The van der Waals surface area contributed by atoms with Crippen molar-refractivity contribution >= 4 is 23.2 Å². The van der Waals surface area contributed by atoms with Gasteiger partial charge in [0, 0.05) is 0 Å². The molecule has 0 N–H and O–H groups in total. The van der Waals surface area contributed by atoms with Crippen molar-refractivity contribution in [3.63, 3.8) is 0 Å². The van der Waals surface area contributed by atoms with E-state index < -0.39 is 7.26 Å². The van der Waals surface area contributed by atoms with E-state index >= 15 is 0 Å². The van der Waals surface area contributed by atoms with Gasteiger partial charge in [-0.25, -0.2) is 0 Å². The van der Waals surface area contributed by atoms with Gasteiger partial charge in [-0.15, -0.1) is 0 Å². The molecule has 0 atom stereocenters. The molecule has 0 aliphatic carbocycles. The first-order valence-corrected chi connectivity index (χ1v) is 30.8. The summed E-state index contributed by atoms with van der Waals surface area (Å²) in [5.41, 5.74) is 6.63. The predicted octanol–water partition coefficient (Wildman–Crippen LogP) is 19.9. The summed E-state index contributed by atoms with van der Waals surface area (Å²) >= 11 is 0. The second-order valence-corrected chi connectivity index (χ2v) is 23.9. The molecule has 0 heterocycles. The first kappa shape index (κ1) is 56.4. The fourth-order valence-electron chi connectivity index (χ4n) is 10.6. The highest BCUT2D eigenvalue weighted by atomic mass is 31.2. The van der Waals surface area contributed by atoms with Crippen LogP contribution in [0.5, 0.6) is 0 Å². The maximum absolute atomic E-state index is 2.76. The number of hydrogen-bond acceptors (Lipinski definition) is 0. The Balaban J connectivity index is 2.13. The van der Waals surface area contributed by atoms with Crippen molar-refractivity contribution in [1.29, 1.82) is 0 Å². The van der Waals surface area contributed by atoms with Gasteiger partial charge in [-0.3, -0.25) is 0 Å². The molecule has 362 valence electrons. The maximum atomic E-state index is 2.76. The van der Waals surface area contributed by atoms with Gasteiger partial charge >= 0.3 is 0 Å². The number of hydrogen-bond donors (Lipinski definition) is 0. The predicted molar refractivity (Wildman–Crippen MR) is 295 cm³/mol. The lowest BCUT2D eigenvalue weighted by atomic mass is 9.99. The van der Waals surface area contributed by atoms with E-state index in [0.29, 0.717) is 0 Å². The topological polar surface area (TPSA) is 0 Å². The van der Waals surface area contributed by atoms with Crippen molar-refractivity contribution < 1.29 is 0 Å². The third-order valence-electron chi connectivity index (χ3n) is 14.6. The monoisotopic (exact) mass is 894 g/mol. The second-order valence-electron chi connectivity index (χ2n) is 20.4. The van der Waals surface area contributed by atoms with E-state index in [-0.39, 0.29) is 0 Å². The molecule has 1 heteroatoms. The van der Waals surface area contributed by atoms with E-state index in [1.165, 1.54) is 257 Å². The highest BCUT2D eigenvalue weighted by Crippen LogP contribution is 2.58. The Morgan fingerprint density at radius 1 is 0.281 bits per heavy atom. The second kappa shape index (κ2) is 38.1. The molecule has 3 aromatic carbocycles. The zero-order valence-corrected chi connectivity index (χ0v) is 44.5. The van der Waals surface area contributed by atoms with Crippen LogP contribution >= 0.6 is 7.26 Å². The Labute approximate surface area is 401 Å². The van der Waals surface area contributed by atoms with Crippen molar-refractivity contribution in [1.82, 2.24) is 0 Å². The lowest BCUT2D eigenvalue weighted by Crippen LogP contribution is -2.37. The summed E-state index contributed by atoms with van der Waals surface area (Å²) in [5.74, 6) is 0. The number of benzene rings is 3. The summed E-state index contributed by atoms with van der Waals surface area (Å²) in [7, 11) is -1.97. The lowest BCUT2D eigenvalue weighted by molar-refractivity contribution is 0.587. The molecule has 64 heavy (non-hydrogen) atoms. The van der Waals surface area contributed by atoms with Crippen LogP contribution in [0.2, 0.25) is 0 Å². The SMILES string of the molecule is CCCCCCCCCc1ccc([P+](CCCCCCCCC)(c2ccccc2)c2ccc(CCCCCCCCC)cc2CCCCCCCCC)c(CCCCCCCCC)c1. The Kier molecular flexibility index (Phi) is 33.6.